The molecule has 2 heterocycles. The highest BCUT2D eigenvalue weighted by molar-refractivity contribution is 8.13. The first-order valence-electron chi connectivity index (χ1n) is 12.7. The van der Waals surface area contributed by atoms with Crippen molar-refractivity contribution < 1.29 is 33.3 Å². The normalized spacial score (nSPS) is 15.6. The second-order valence-electron chi connectivity index (χ2n) is 9.11. The standard InChI is InChI=1S/C24H29F2N3OS.C4H4O4/c1-28(24-27-22-10-3-2-7-18(22)17-31-24)19-11-14-29(15-12-19)13-4-5-16-30-23-20(25)8-6-9-21(23)26;5-3(6)1-2-4(7)8/h2-3,6-10,19H,4-5,11-17H2,1H3;1-2H,(H,5,6)(H,7,8)/b;2-1+. The van der Waals surface area contributed by atoms with Crippen molar-refractivity contribution in [3.8, 4) is 5.75 Å². The number of thioether (sulfide) groups is 1. The van der Waals surface area contributed by atoms with Crippen molar-refractivity contribution in [1.82, 2.24) is 9.80 Å². The van der Waals surface area contributed by atoms with Crippen LogP contribution in [0, 0.1) is 11.6 Å². The van der Waals surface area contributed by atoms with E-state index in [0.717, 1.165) is 61.9 Å². The number of carboxylic acids is 2. The van der Waals surface area contributed by atoms with Crippen molar-refractivity contribution in [2.24, 2.45) is 4.99 Å². The van der Waals surface area contributed by atoms with Crippen molar-refractivity contribution in [3.05, 3.63) is 71.8 Å². The van der Waals surface area contributed by atoms with E-state index in [1.807, 2.05) is 17.8 Å². The molecule has 11 heteroatoms. The first-order valence-corrected chi connectivity index (χ1v) is 13.7. The van der Waals surface area contributed by atoms with E-state index in [1.54, 1.807) is 0 Å². The Labute approximate surface area is 231 Å². The number of ether oxygens (including phenoxy) is 1. The summed E-state index contributed by atoms with van der Waals surface area (Å²) in [6.45, 7) is 3.44. The Kier molecular flexibility index (Phi) is 11.8. The average Bonchev–Trinajstić information content (AvgIpc) is 2.93. The number of carbonyl (C=O) groups is 2. The zero-order chi connectivity index (χ0) is 28.2. The van der Waals surface area contributed by atoms with Crippen molar-refractivity contribution >= 4 is 34.6 Å². The largest absolute Gasteiger partial charge is 0.488 e. The first kappa shape index (κ1) is 30.1. The van der Waals surface area contributed by atoms with Gasteiger partial charge in [0.15, 0.2) is 22.6 Å². The number of halogens is 2. The van der Waals surface area contributed by atoms with Crippen molar-refractivity contribution in [1.29, 1.82) is 0 Å². The van der Waals surface area contributed by atoms with E-state index >= 15 is 0 Å². The van der Waals surface area contributed by atoms with Crippen molar-refractivity contribution in [2.45, 2.75) is 37.5 Å². The van der Waals surface area contributed by atoms with E-state index in [2.05, 4.69) is 35.0 Å². The highest BCUT2D eigenvalue weighted by atomic mass is 32.2. The zero-order valence-corrected chi connectivity index (χ0v) is 22.6. The minimum Gasteiger partial charge on any atom is -0.488 e. The summed E-state index contributed by atoms with van der Waals surface area (Å²) < 4.78 is 32.5. The minimum atomic E-state index is -1.26. The Hall–Kier alpha value is -3.44. The van der Waals surface area contributed by atoms with Crippen LogP contribution in [0.3, 0.4) is 0 Å². The molecule has 0 amide bonds. The lowest BCUT2D eigenvalue weighted by atomic mass is 10.0. The Balaban J connectivity index is 0.000000459. The molecule has 0 aromatic heterocycles. The lowest BCUT2D eigenvalue weighted by Gasteiger charge is -2.38. The second kappa shape index (κ2) is 15.2. The summed E-state index contributed by atoms with van der Waals surface area (Å²) in [5.74, 6) is -3.08. The van der Waals surface area contributed by atoms with Gasteiger partial charge in [0, 0.05) is 44.1 Å². The van der Waals surface area contributed by atoms with Gasteiger partial charge in [-0.3, -0.25) is 0 Å². The number of hydrogen-bond acceptors (Lipinski definition) is 7. The highest BCUT2D eigenvalue weighted by Gasteiger charge is 2.26. The molecule has 2 aliphatic heterocycles. The number of carboxylic acid groups (broad SMARTS) is 2. The number of unbranched alkanes of at least 4 members (excludes halogenated alkanes) is 1. The van der Waals surface area contributed by atoms with Crippen LogP contribution in [0.5, 0.6) is 5.75 Å². The van der Waals surface area contributed by atoms with Crippen LogP contribution >= 0.6 is 11.8 Å². The second-order valence-corrected chi connectivity index (χ2v) is 10.1. The summed E-state index contributed by atoms with van der Waals surface area (Å²) in [6.07, 6.45) is 5.09. The Morgan fingerprint density at radius 3 is 2.33 bits per heavy atom. The van der Waals surface area contributed by atoms with Gasteiger partial charge >= 0.3 is 11.9 Å². The number of amidine groups is 1. The summed E-state index contributed by atoms with van der Waals surface area (Å²) in [7, 11) is 2.17. The molecular weight excluding hydrogens is 528 g/mol. The van der Waals surface area contributed by atoms with Gasteiger partial charge in [-0.15, -0.1) is 0 Å². The smallest absolute Gasteiger partial charge is 0.328 e. The average molecular weight is 562 g/mol. The fourth-order valence-corrected chi connectivity index (χ4v) is 5.31. The summed E-state index contributed by atoms with van der Waals surface area (Å²) in [5.41, 5.74) is 2.40. The molecule has 1 saturated heterocycles. The topological polar surface area (TPSA) is 103 Å². The van der Waals surface area contributed by atoms with E-state index in [1.165, 1.54) is 23.8 Å². The van der Waals surface area contributed by atoms with E-state index in [4.69, 9.17) is 19.9 Å². The van der Waals surface area contributed by atoms with Crippen LogP contribution in [0.4, 0.5) is 14.5 Å². The number of aliphatic imine (C=N–C) groups is 1. The summed E-state index contributed by atoms with van der Waals surface area (Å²) >= 11 is 1.82. The number of hydrogen-bond donors (Lipinski definition) is 2. The highest BCUT2D eigenvalue weighted by Crippen LogP contribution is 2.33. The lowest BCUT2D eigenvalue weighted by Crippen LogP contribution is -2.45. The van der Waals surface area contributed by atoms with E-state index in [-0.39, 0.29) is 5.75 Å². The lowest BCUT2D eigenvalue weighted by molar-refractivity contribution is -0.134. The molecule has 0 radical (unpaired) electrons. The van der Waals surface area contributed by atoms with Gasteiger partial charge < -0.3 is 24.7 Å². The van der Waals surface area contributed by atoms with E-state index < -0.39 is 23.6 Å². The molecule has 2 aromatic rings. The molecule has 0 spiro atoms. The number of likely N-dealkylation sites (tertiary alicyclic amines) is 1. The van der Waals surface area contributed by atoms with Crippen molar-refractivity contribution in [3.63, 3.8) is 0 Å². The van der Waals surface area contributed by atoms with Gasteiger partial charge in [-0.2, -0.15) is 0 Å². The first-order chi connectivity index (χ1) is 18.7. The maximum atomic E-state index is 13.6. The van der Waals surface area contributed by atoms with Crippen LogP contribution in [0.1, 0.15) is 31.2 Å². The Bertz CT molecular complexity index is 1150. The van der Waals surface area contributed by atoms with Gasteiger partial charge in [0.2, 0.25) is 0 Å². The van der Waals surface area contributed by atoms with Crippen LogP contribution in [-0.2, 0) is 15.3 Å². The molecule has 2 aromatic carbocycles. The van der Waals surface area contributed by atoms with Gasteiger partial charge in [-0.25, -0.2) is 23.4 Å². The number of fused-ring (bicyclic) bond motifs is 1. The number of benzene rings is 2. The van der Waals surface area contributed by atoms with Gasteiger partial charge in [-0.05, 0) is 56.0 Å². The number of rotatable bonds is 9. The number of piperidine rings is 1. The molecule has 39 heavy (non-hydrogen) atoms. The van der Waals surface area contributed by atoms with E-state index in [9.17, 15) is 18.4 Å². The SMILES string of the molecule is CN(C1=Nc2ccccc2CS1)C1CCN(CCCCOc2c(F)cccc2F)CC1.O=C(O)/C=C/C(=O)O. The van der Waals surface area contributed by atoms with Gasteiger partial charge in [0.05, 0.1) is 12.3 Å². The molecular formula is C28H33F2N3O5S. The van der Waals surface area contributed by atoms with Crippen molar-refractivity contribution in [2.75, 3.05) is 33.3 Å². The fraction of sp³-hybridized carbons (Fsp3) is 0.393. The monoisotopic (exact) mass is 561 g/mol. The molecule has 1 fully saturated rings. The van der Waals surface area contributed by atoms with Crippen LogP contribution in [0.2, 0.25) is 0 Å². The third-order valence-corrected chi connectivity index (χ3v) is 7.47. The third-order valence-electron chi connectivity index (χ3n) is 6.37. The molecule has 0 aliphatic carbocycles. The van der Waals surface area contributed by atoms with Crippen LogP contribution < -0.4 is 4.74 Å². The molecule has 2 aliphatic rings. The number of nitrogens with zero attached hydrogens (tertiary/aromatic N) is 3. The molecule has 8 nitrogen and oxygen atoms in total. The molecule has 0 atom stereocenters. The predicted octanol–water partition coefficient (Wildman–Crippen LogP) is 5.17. The minimum absolute atomic E-state index is 0.266. The molecule has 4 rings (SSSR count). The number of para-hydroxylation sites is 2. The fourth-order valence-electron chi connectivity index (χ4n) is 4.26. The van der Waals surface area contributed by atoms with E-state index in [0.29, 0.717) is 24.8 Å². The molecule has 2 N–H and O–H groups in total. The number of aliphatic carboxylic acids is 2. The third kappa shape index (κ3) is 9.67. The van der Waals surface area contributed by atoms with Crippen LogP contribution in [0.25, 0.3) is 0 Å². The summed E-state index contributed by atoms with van der Waals surface area (Å²) in [4.78, 5) is 28.8. The predicted molar refractivity (Wildman–Crippen MR) is 148 cm³/mol. The molecule has 0 saturated carbocycles. The van der Waals surface area contributed by atoms with Gasteiger partial charge in [0.1, 0.15) is 0 Å². The zero-order valence-electron chi connectivity index (χ0n) is 21.8. The molecule has 0 unspecified atom stereocenters. The Morgan fingerprint density at radius 2 is 1.69 bits per heavy atom. The summed E-state index contributed by atoms with van der Waals surface area (Å²) in [6, 6.07) is 12.7. The van der Waals surface area contributed by atoms with Gasteiger partial charge in [0.25, 0.3) is 0 Å². The quantitative estimate of drug-likeness (QED) is 0.320. The van der Waals surface area contributed by atoms with Crippen LogP contribution in [0.15, 0.2) is 59.6 Å². The Morgan fingerprint density at radius 1 is 1.05 bits per heavy atom. The maximum Gasteiger partial charge on any atom is 0.328 e. The van der Waals surface area contributed by atoms with Gasteiger partial charge in [-0.1, -0.05) is 36.0 Å². The molecule has 210 valence electrons. The maximum absolute atomic E-state index is 13.6. The summed E-state index contributed by atoms with van der Waals surface area (Å²) in [5, 5.41) is 16.7. The molecule has 0 bridgehead atoms. The van der Waals surface area contributed by atoms with Crippen LogP contribution in [-0.4, -0.2) is 76.4 Å².